The van der Waals surface area contributed by atoms with Gasteiger partial charge >= 0.3 is 0 Å². The maximum absolute atomic E-state index is 14.4. The number of fused-ring (bicyclic) bond motifs is 1. The average Bonchev–Trinajstić information content (AvgIpc) is 3.75. The highest BCUT2D eigenvalue weighted by Gasteiger charge is 2.23. The number of amides is 1. The Hall–Kier alpha value is -4.21. The van der Waals surface area contributed by atoms with Crippen molar-refractivity contribution in [1.82, 2.24) is 30.2 Å². The van der Waals surface area contributed by atoms with Crippen molar-refractivity contribution in [2.45, 2.75) is 38.6 Å². The van der Waals surface area contributed by atoms with Crippen molar-refractivity contribution >= 4 is 28.6 Å². The maximum atomic E-state index is 14.4. The Morgan fingerprint density at radius 2 is 1.86 bits per heavy atom. The van der Waals surface area contributed by atoms with Crippen molar-refractivity contribution in [3.05, 3.63) is 66.1 Å². The van der Waals surface area contributed by atoms with E-state index >= 15 is 0 Å². The van der Waals surface area contributed by atoms with Crippen LogP contribution >= 0.6 is 0 Å². The van der Waals surface area contributed by atoms with E-state index in [0.29, 0.717) is 35.3 Å². The number of benzene rings is 1. The lowest BCUT2D eigenvalue weighted by Gasteiger charge is -2.22. The van der Waals surface area contributed by atoms with Gasteiger partial charge in [-0.3, -0.25) is 9.78 Å². The summed E-state index contributed by atoms with van der Waals surface area (Å²) in [4.78, 5) is 34.2. The molecule has 0 aliphatic heterocycles. The number of hydrogen-bond donors (Lipinski definition) is 3. The van der Waals surface area contributed by atoms with E-state index in [1.54, 1.807) is 18.5 Å². The summed E-state index contributed by atoms with van der Waals surface area (Å²) in [5, 5.41) is 9.69. The van der Waals surface area contributed by atoms with Crippen LogP contribution in [0.1, 0.15) is 48.5 Å². The molecule has 0 spiro atoms. The number of carbonyl (C=O) groups excluding carboxylic acids is 1. The van der Waals surface area contributed by atoms with Gasteiger partial charge in [0.05, 0.1) is 23.0 Å². The zero-order valence-electron chi connectivity index (χ0n) is 21.0. The molecule has 9 nitrogen and oxygen atoms in total. The van der Waals surface area contributed by atoms with Gasteiger partial charge in [0.1, 0.15) is 12.1 Å². The fourth-order valence-electron chi connectivity index (χ4n) is 4.25. The minimum Gasteiger partial charge on any atom is -0.370 e. The van der Waals surface area contributed by atoms with Gasteiger partial charge in [0.25, 0.3) is 5.91 Å². The molecule has 3 N–H and O–H groups in total. The molecule has 0 radical (unpaired) electrons. The number of nitrogens with zero attached hydrogens (tertiary/aromatic N) is 5. The molecule has 1 aromatic carbocycles. The average molecular weight is 501 g/mol. The van der Waals surface area contributed by atoms with Crippen LogP contribution in [0.4, 0.5) is 16.2 Å². The van der Waals surface area contributed by atoms with Gasteiger partial charge in [0.2, 0.25) is 5.95 Å². The van der Waals surface area contributed by atoms with Gasteiger partial charge in [-0.15, -0.1) is 0 Å². The van der Waals surface area contributed by atoms with Crippen LogP contribution in [0.2, 0.25) is 0 Å². The topological polar surface area (TPSA) is 118 Å². The van der Waals surface area contributed by atoms with Crippen molar-refractivity contribution < 1.29 is 9.18 Å². The van der Waals surface area contributed by atoms with Crippen LogP contribution < -0.4 is 16.0 Å². The van der Waals surface area contributed by atoms with Crippen LogP contribution in [0.3, 0.4) is 0 Å². The number of halogens is 1. The summed E-state index contributed by atoms with van der Waals surface area (Å²) < 4.78 is 14.4. The normalized spacial score (nSPS) is 14.7. The van der Waals surface area contributed by atoms with Gasteiger partial charge in [-0.2, -0.15) is 0 Å². The maximum Gasteiger partial charge on any atom is 0.254 e. The Balaban J connectivity index is 1.29. The second-order valence-corrected chi connectivity index (χ2v) is 9.45. The summed E-state index contributed by atoms with van der Waals surface area (Å²) in [7, 11) is 1.49. The number of carbonyl (C=O) groups is 1. The smallest absolute Gasteiger partial charge is 0.254 e. The van der Waals surface area contributed by atoms with E-state index in [9.17, 15) is 9.18 Å². The molecule has 1 amide bonds. The van der Waals surface area contributed by atoms with Gasteiger partial charge in [0.15, 0.2) is 5.82 Å². The predicted molar refractivity (Wildman–Crippen MR) is 141 cm³/mol. The lowest BCUT2D eigenvalue weighted by molar-refractivity contribution is 0.0960. The molecule has 2 atom stereocenters. The molecule has 2 unspecified atom stereocenters. The first-order chi connectivity index (χ1) is 17.9. The Morgan fingerprint density at radius 3 is 2.59 bits per heavy atom. The van der Waals surface area contributed by atoms with E-state index in [-0.39, 0.29) is 17.4 Å². The molecule has 0 saturated heterocycles. The minimum absolute atomic E-state index is 0.0150. The van der Waals surface area contributed by atoms with E-state index < -0.39 is 11.7 Å². The minimum atomic E-state index is -0.634. The van der Waals surface area contributed by atoms with Crippen LogP contribution in [0.15, 0.2) is 49.2 Å². The van der Waals surface area contributed by atoms with E-state index in [0.717, 1.165) is 35.9 Å². The van der Waals surface area contributed by atoms with Gasteiger partial charge in [-0.1, -0.05) is 32.0 Å². The van der Waals surface area contributed by atoms with Crippen LogP contribution in [-0.2, 0) is 0 Å². The first-order valence-corrected chi connectivity index (χ1v) is 12.4. The molecule has 3 heterocycles. The Labute approximate surface area is 214 Å². The Kier molecular flexibility index (Phi) is 6.89. The third-order valence-electron chi connectivity index (χ3n) is 6.81. The third kappa shape index (κ3) is 5.32. The summed E-state index contributed by atoms with van der Waals surface area (Å²) in [6, 6.07) is 7.92. The zero-order valence-corrected chi connectivity index (χ0v) is 21.0. The number of para-hydroxylation sites is 1. The fraction of sp³-hybridized carbons (Fsp3) is 0.333. The number of rotatable bonds is 9. The van der Waals surface area contributed by atoms with Crippen molar-refractivity contribution in [1.29, 1.82) is 0 Å². The molecule has 1 saturated carbocycles. The van der Waals surface area contributed by atoms with Crippen LogP contribution in [0.25, 0.3) is 22.2 Å². The molecule has 1 fully saturated rings. The van der Waals surface area contributed by atoms with Gasteiger partial charge in [0, 0.05) is 49.0 Å². The fourth-order valence-corrected chi connectivity index (χ4v) is 4.25. The van der Waals surface area contributed by atoms with E-state index in [2.05, 4.69) is 54.7 Å². The molecule has 37 heavy (non-hydrogen) atoms. The molecule has 10 heteroatoms. The Morgan fingerprint density at radius 1 is 1.08 bits per heavy atom. The van der Waals surface area contributed by atoms with Gasteiger partial charge in [-0.25, -0.2) is 24.3 Å². The molecule has 190 valence electrons. The summed E-state index contributed by atoms with van der Waals surface area (Å²) in [5.74, 6) is 0.482. The van der Waals surface area contributed by atoms with Crippen molar-refractivity contribution in [3.63, 3.8) is 0 Å². The highest BCUT2D eigenvalue weighted by molar-refractivity contribution is 6.06. The molecule has 3 aromatic heterocycles. The second-order valence-electron chi connectivity index (χ2n) is 9.45. The van der Waals surface area contributed by atoms with Gasteiger partial charge in [-0.05, 0) is 30.2 Å². The number of aromatic nitrogens is 5. The van der Waals surface area contributed by atoms with Crippen LogP contribution in [0, 0.1) is 11.7 Å². The van der Waals surface area contributed by atoms with Crippen LogP contribution in [0.5, 0.6) is 0 Å². The summed E-state index contributed by atoms with van der Waals surface area (Å²) >= 11 is 0. The molecule has 0 bridgehead atoms. The van der Waals surface area contributed by atoms with E-state index in [4.69, 9.17) is 0 Å². The number of anilines is 2. The number of hydrogen-bond acceptors (Lipinski definition) is 8. The number of nitrogens with one attached hydrogen (secondary N) is 3. The molecule has 5 rings (SSSR count). The molecule has 1 aliphatic rings. The Bertz CT molecular complexity index is 1420. The van der Waals surface area contributed by atoms with Crippen LogP contribution in [-0.4, -0.2) is 50.5 Å². The second kappa shape index (κ2) is 10.4. The lowest BCUT2D eigenvalue weighted by Crippen LogP contribution is -2.21. The van der Waals surface area contributed by atoms with Gasteiger partial charge < -0.3 is 16.0 Å². The monoisotopic (exact) mass is 500 g/mol. The lowest BCUT2D eigenvalue weighted by atomic mass is 9.87. The molecule has 4 aromatic rings. The molecular weight excluding hydrogens is 471 g/mol. The SMILES string of the molecule is CNC(=O)c1c(F)cnc2c(C(C)C(C)CNc3cc(-c4cnc(NC5CC5)nc4)ncn3)cccc12. The molecular formula is C27H29FN8O. The highest BCUT2D eigenvalue weighted by atomic mass is 19.1. The van der Waals surface area contributed by atoms with E-state index in [1.165, 1.54) is 13.4 Å². The summed E-state index contributed by atoms with van der Waals surface area (Å²) in [6.07, 6.45) is 8.49. The van der Waals surface area contributed by atoms with Crippen molar-refractivity contribution in [2.24, 2.45) is 5.92 Å². The third-order valence-corrected chi connectivity index (χ3v) is 6.81. The standard InChI is InChI=1S/C27H29FN8O/c1-15(16(2)19-5-4-6-20-24(26(37)29-3)21(28)13-31-25(19)20)10-30-23-9-22(34-14-35-23)17-11-32-27(33-12-17)36-18-7-8-18/h4-6,9,11-16,18H,7-8,10H2,1-3H3,(H,29,37)(H,30,34,35)(H,32,33,36). The summed E-state index contributed by atoms with van der Waals surface area (Å²) in [5.41, 5.74) is 3.15. The van der Waals surface area contributed by atoms with Crippen molar-refractivity contribution in [2.75, 3.05) is 24.2 Å². The predicted octanol–water partition coefficient (Wildman–Crippen LogP) is 4.41. The first-order valence-electron chi connectivity index (χ1n) is 12.4. The summed E-state index contributed by atoms with van der Waals surface area (Å²) in [6.45, 7) is 4.87. The van der Waals surface area contributed by atoms with E-state index in [1.807, 2.05) is 18.2 Å². The zero-order chi connectivity index (χ0) is 25.9. The molecule has 1 aliphatic carbocycles. The highest BCUT2D eigenvalue weighted by Crippen LogP contribution is 2.32. The quantitative estimate of drug-likeness (QED) is 0.309. The number of pyridine rings is 1. The largest absolute Gasteiger partial charge is 0.370 e. The van der Waals surface area contributed by atoms with Crippen molar-refractivity contribution in [3.8, 4) is 11.3 Å². The first kappa shape index (κ1) is 24.5.